The van der Waals surface area contributed by atoms with Gasteiger partial charge in [0, 0.05) is 36.7 Å². The van der Waals surface area contributed by atoms with Crippen molar-refractivity contribution < 1.29 is 9.53 Å². The highest BCUT2D eigenvalue weighted by Crippen LogP contribution is 2.32. The number of hydrogen-bond donors (Lipinski definition) is 2. The molecular weight excluding hydrogens is 335 g/mol. The van der Waals surface area contributed by atoms with E-state index in [1.54, 1.807) is 0 Å². The quantitative estimate of drug-likeness (QED) is 0.848. The fourth-order valence-corrected chi connectivity index (χ4v) is 3.27. The number of benzene rings is 1. The van der Waals surface area contributed by atoms with Crippen molar-refractivity contribution in [2.24, 2.45) is 11.1 Å². The molecule has 2 rings (SSSR count). The van der Waals surface area contributed by atoms with Crippen LogP contribution in [0.3, 0.4) is 0 Å². The number of carbonyl (C=O) groups excluding carboxylic acids is 1. The maximum Gasteiger partial charge on any atom is 0.227 e. The number of amides is 1. The lowest BCUT2D eigenvalue weighted by molar-refractivity contribution is -0.136. The lowest BCUT2D eigenvalue weighted by atomic mass is 9.78. The van der Waals surface area contributed by atoms with E-state index < -0.39 is 5.41 Å². The normalized spacial score (nSPS) is 17.2. The highest BCUT2D eigenvalue weighted by atomic mass is 35.5. The third-order valence-electron chi connectivity index (χ3n) is 4.62. The largest absolute Gasteiger partial charge is 0.381 e. The van der Waals surface area contributed by atoms with Crippen LogP contribution in [-0.2, 0) is 14.9 Å². The van der Waals surface area contributed by atoms with Crippen LogP contribution >= 0.6 is 24.0 Å². The molecule has 1 amide bonds. The Morgan fingerprint density at radius 3 is 2.52 bits per heavy atom. The van der Waals surface area contributed by atoms with Crippen LogP contribution in [0.4, 0.5) is 0 Å². The maximum atomic E-state index is 12.6. The molecule has 0 spiro atoms. The zero-order chi connectivity index (χ0) is 16.2. The number of rotatable bonds is 5. The molecular formula is C17H26Cl2N2O2. The van der Waals surface area contributed by atoms with Gasteiger partial charge < -0.3 is 15.8 Å². The van der Waals surface area contributed by atoms with E-state index in [1.807, 2.05) is 24.3 Å². The average Bonchev–Trinajstić information content (AvgIpc) is 2.53. The van der Waals surface area contributed by atoms with Crippen LogP contribution in [0, 0.1) is 5.41 Å². The second-order valence-corrected chi connectivity index (χ2v) is 7.05. The molecule has 23 heavy (non-hydrogen) atoms. The van der Waals surface area contributed by atoms with Crippen molar-refractivity contribution >= 4 is 29.9 Å². The summed E-state index contributed by atoms with van der Waals surface area (Å²) < 4.78 is 5.35. The standard InChI is InChI=1S/C17H25ClN2O2.ClH/c1-16(2,13-5-3-4-6-14(13)18)12-20-15(21)17(11-19)7-9-22-10-8-17;/h3-6H,7-12,19H2,1-2H3,(H,20,21);1H. The highest BCUT2D eigenvalue weighted by Gasteiger charge is 2.39. The van der Waals surface area contributed by atoms with Crippen molar-refractivity contribution in [2.45, 2.75) is 32.1 Å². The molecule has 0 unspecified atom stereocenters. The maximum absolute atomic E-state index is 12.6. The second-order valence-electron chi connectivity index (χ2n) is 6.64. The van der Waals surface area contributed by atoms with Crippen LogP contribution in [0.5, 0.6) is 0 Å². The molecule has 0 atom stereocenters. The Labute approximate surface area is 149 Å². The minimum absolute atomic E-state index is 0. The van der Waals surface area contributed by atoms with E-state index in [0.29, 0.717) is 39.1 Å². The Hall–Kier alpha value is -0.810. The summed E-state index contributed by atoms with van der Waals surface area (Å²) in [5, 5.41) is 3.80. The highest BCUT2D eigenvalue weighted by molar-refractivity contribution is 6.31. The number of nitrogens with one attached hydrogen (secondary N) is 1. The zero-order valence-electron chi connectivity index (χ0n) is 13.7. The van der Waals surface area contributed by atoms with Crippen LogP contribution in [-0.4, -0.2) is 32.2 Å². The molecule has 0 bridgehead atoms. The first kappa shape index (κ1) is 20.2. The van der Waals surface area contributed by atoms with E-state index in [1.165, 1.54) is 0 Å². The Morgan fingerprint density at radius 1 is 1.35 bits per heavy atom. The Bertz CT molecular complexity index is 529. The molecule has 4 nitrogen and oxygen atoms in total. The van der Waals surface area contributed by atoms with Gasteiger partial charge in [-0.1, -0.05) is 43.6 Å². The summed E-state index contributed by atoms with van der Waals surface area (Å²) in [6.45, 7) is 6.23. The zero-order valence-corrected chi connectivity index (χ0v) is 15.3. The summed E-state index contributed by atoms with van der Waals surface area (Å²) in [4.78, 5) is 12.6. The van der Waals surface area contributed by atoms with E-state index in [-0.39, 0.29) is 23.7 Å². The van der Waals surface area contributed by atoms with Gasteiger partial charge in [0.1, 0.15) is 0 Å². The predicted octanol–water partition coefficient (Wildman–Crippen LogP) is 2.91. The van der Waals surface area contributed by atoms with Gasteiger partial charge in [-0.25, -0.2) is 0 Å². The van der Waals surface area contributed by atoms with Crippen molar-refractivity contribution in [3.63, 3.8) is 0 Å². The smallest absolute Gasteiger partial charge is 0.227 e. The molecule has 3 N–H and O–H groups in total. The summed E-state index contributed by atoms with van der Waals surface area (Å²) in [6, 6.07) is 7.75. The van der Waals surface area contributed by atoms with Crippen molar-refractivity contribution in [1.29, 1.82) is 0 Å². The van der Waals surface area contributed by atoms with Gasteiger partial charge in [-0.3, -0.25) is 4.79 Å². The third-order valence-corrected chi connectivity index (χ3v) is 4.95. The number of hydrogen-bond acceptors (Lipinski definition) is 3. The number of halogens is 2. The lowest BCUT2D eigenvalue weighted by Gasteiger charge is -2.36. The van der Waals surface area contributed by atoms with Crippen LogP contribution < -0.4 is 11.1 Å². The lowest BCUT2D eigenvalue weighted by Crippen LogP contribution is -2.51. The van der Waals surface area contributed by atoms with Crippen molar-refractivity contribution in [3.8, 4) is 0 Å². The molecule has 1 fully saturated rings. The molecule has 0 saturated carbocycles. The molecule has 130 valence electrons. The van der Waals surface area contributed by atoms with E-state index in [9.17, 15) is 4.79 Å². The molecule has 6 heteroatoms. The summed E-state index contributed by atoms with van der Waals surface area (Å²) in [6.07, 6.45) is 1.36. The first-order valence-electron chi connectivity index (χ1n) is 7.72. The first-order valence-corrected chi connectivity index (χ1v) is 8.10. The summed E-state index contributed by atoms with van der Waals surface area (Å²) >= 11 is 6.28. The first-order chi connectivity index (χ1) is 10.4. The van der Waals surface area contributed by atoms with E-state index in [4.69, 9.17) is 22.1 Å². The Kier molecular flexibility index (Phi) is 7.33. The number of nitrogens with two attached hydrogens (primary N) is 1. The van der Waals surface area contributed by atoms with Crippen molar-refractivity contribution in [2.75, 3.05) is 26.3 Å². The minimum Gasteiger partial charge on any atom is -0.381 e. The SMILES string of the molecule is CC(C)(CNC(=O)C1(CN)CCOCC1)c1ccccc1Cl.Cl. The van der Waals surface area contributed by atoms with E-state index in [2.05, 4.69) is 19.2 Å². The monoisotopic (exact) mass is 360 g/mol. The summed E-state index contributed by atoms with van der Waals surface area (Å²) in [5.41, 5.74) is 6.18. The fraction of sp³-hybridized carbons (Fsp3) is 0.588. The van der Waals surface area contributed by atoms with Crippen LogP contribution in [0.1, 0.15) is 32.3 Å². The number of carbonyl (C=O) groups is 1. The van der Waals surface area contributed by atoms with E-state index in [0.717, 1.165) is 10.6 Å². The molecule has 1 heterocycles. The second kappa shape index (κ2) is 8.34. The van der Waals surface area contributed by atoms with Gasteiger partial charge >= 0.3 is 0 Å². The van der Waals surface area contributed by atoms with Gasteiger partial charge in [0.05, 0.1) is 5.41 Å². The summed E-state index contributed by atoms with van der Waals surface area (Å²) in [5.74, 6) is 0.0263. The van der Waals surface area contributed by atoms with E-state index >= 15 is 0 Å². The van der Waals surface area contributed by atoms with Crippen LogP contribution in [0.15, 0.2) is 24.3 Å². The average molecular weight is 361 g/mol. The molecule has 1 aromatic carbocycles. The Balaban J connectivity index is 0.00000264. The third kappa shape index (κ3) is 4.60. The molecule has 0 aliphatic carbocycles. The fourth-order valence-electron chi connectivity index (χ4n) is 2.88. The Morgan fingerprint density at radius 2 is 1.96 bits per heavy atom. The molecule has 1 aliphatic heterocycles. The van der Waals surface area contributed by atoms with Crippen molar-refractivity contribution in [3.05, 3.63) is 34.9 Å². The van der Waals surface area contributed by atoms with Gasteiger partial charge in [0.2, 0.25) is 5.91 Å². The van der Waals surface area contributed by atoms with Crippen LogP contribution in [0.25, 0.3) is 0 Å². The van der Waals surface area contributed by atoms with Gasteiger partial charge in [-0.05, 0) is 24.5 Å². The predicted molar refractivity (Wildman–Crippen MR) is 96.3 cm³/mol. The van der Waals surface area contributed by atoms with Gasteiger partial charge in [0.15, 0.2) is 0 Å². The molecule has 1 aliphatic rings. The molecule has 0 aromatic heterocycles. The van der Waals surface area contributed by atoms with Gasteiger partial charge in [0.25, 0.3) is 0 Å². The van der Waals surface area contributed by atoms with Crippen LogP contribution in [0.2, 0.25) is 5.02 Å². The molecule has 0 radical (unpaired) electrons. The minimum atomic E-state index is -0.491. The summed E-state index contributed by atoms with van der Waals surface area (Å²) in [7, 11) is 0. The number of ether oxygens (including phenoxy) is 1. The van der Waals surface area contributed by atoms with Gasteiger partial charge in [-0.2, -0.15) is 0 Å². The van der Waals surface area contributed by atoms with Gasteiger partial charge in [-0.15, -0.1) is 12.4 Å². The molecule has 1 aromatic rings. The van der Waals surface area contributed by atoms with Crippen molar-refractivity contribution in [1.82, 2.24) is 5.32 Å². The topological polar surface area (TPSA) is 64.4 Å². The molecule has 1 saturated heterocycles.